The van der Waals surface area contributed by atoms with Crippen molar-refractivity contribution in [2.24, 2.45) is 5.16 Å². The maximum absolute atomic E-state index is 12.8. The van der Waals surface area contributed by atoms with E-state index in [9.17, 15) is 24.3 Å². The van der Waals surface area contributed by atoms with Crippen LogP contribution in [0.1, 0.15) is 12.6 Å². The van der Waals surface area contributed by atoms with Crippen molar-refractivity contribution in [2.75, 3.05) is 18.1 Å². The number of nitrogens with zero attached hydrogens (tertiary/aromatic N) is 3. The van der Waals surface area contributed by atoms with Gasteiger partial charge in [0.25, 0.3) is 11.8 Å². The Morgan fingerprint density at radius 1 is 1.43 bits per heavy atom. The van der Waals surface area contributed by atoms with Crippen LogP contribution in [0.15, 0.2) is 16.4 Å². The summed E-state index contributed by atoms with van der Waals surface area (Å²) in [5.74, 6) is -3.69. The normalized spacial score (nSPS) is 21.1. The fourth-order valence-corrected chi connectivity index (χ4v) is 5.01. The van der Waals surface area contributed by atoms with E-state index in [1.54, 1.807) is 6.92 Å². The molecule has 2 aliphatic rings. The van der Waals surface area contributed by atoms with E-state index in [-0.39, 0.29) is 20.9 Å². The monoisotopic (exact) mass is 475 g/mol. The van der Waals surface area contributed by atoms with Gasteiger partial charge < -0.3 is 26.1 Å². The van der Waals surface area contributed by atoms with Crippen molar-refractivity contribution >= 4 is 69.3 Å². The van der Waals surface area contributed by atoms with Crippen molar-refractivity contribution in [3.63, 3.8) is 0 Å². The molecular formula is C15H14ClN5O7S2. The summed E-state index contributed by atoms with van der Waals surface area (Å²) in [7, 11) is 0. The van der Waals surface area contributed by atoms with Crippen LogP contribution in [0.4, 0.5) is 5.13 Å². The molecule has 1 aromatic heterocycles. The summed E-state index contributed by atoms with van der Waals surface area (Å²) in [4.78, 5) is 57.0. The van der Waals surface area contributed by atoms with Crippen molar-refractivity contribution in [3.05, 3.63) is 21.3 Å². The van der Waals surface area contributed by atoms with Gasteiger partial charge in [0.1, 0.15) is 27.1 Å². The minimum Gasteiger partial charge on any atom is -0.479 e. The summed E-state index contributed by atoms with van der Waals surface area (Å²) in [6, 6.07) is -1.02. The molecule has 0 aliphatic carbocycles. The van der Waals surface area contributed by atoms with Crippen LogP contribution < -0.4 is 11.1 Å². The Morgan fingerprint density at radius 2 is 2.13 bits per heavy atom. The van der Waals surface area contributed by atoms with Crippen LogP contribution in [0.25, 0.3) is 0 Å². The number of oxime groups is 1. The number of nitrogens with one attached hydrogen (secondary N) is 1. The summed E-state index contributed by atoms with van der Waals surface area (Å²) in [5, 5.41) is 23.4. The standard InChI is InChI=1S/C15H14ClN5O7S2/c1-4-3-29-13-8(12(25)21(13)9(4)14(26)27)18-11(24)7(20-28-2-5(22)23)6-10(16)30-15(17)19-6/h8,13H,2-3H2,1H3,(H2,17,19)(H,18,24)(H,22,23)(H,26,27)/b20-7+/t8?,13-/m1/s1. The number of nitrogens with two attached hydrogens (primary N) is 1. The Hall–Kier alpha value is -2.84. The molecule has 160 valence electrons. The minimum absolute atomic E-state index is 0.0145. The summed E-state index contributed by atoms with van der Waals surface area (Å²) < 4.78 is 0.0145. The second kappa shape index (κ2) is 8.49. The van der Waals surface area contributed by atoms with Crippen LogP contribution >= 0.6 is 34.7 Å². The zero-order valence-corrected chi connectivity index (χ0v) is 17.5. The molecule has 3 rings (SSSR count). The van der Waals surface area contributed by atoms with Gasteiger partial charge in [0.05, 0.1) is 0 Å². The van der Waals surface area contributed by atoms with E-state index >= 15 is 0 Å². The molecular weight excluding hydrogens is 462 g/mol. The molecule has 0 spiro atoms. The number of nitrogen functional groups attached to an aromatic ring is 1. The molecule has 2 atom stereocenters. The number of thiazole rings is 1. The maximum atomic E-state index is 12.8. The number of thioether (sulfide) groups is 1. The SMILES string of the molecule is CC1=C(C(=O)O)N2C(=O)C(NC(=O)/C(=N/OCC(=O)O)c3nc(N)sc3Cl)[C@H]2SC1. The average Bonchev–Trinajstić information content (AvgIpc) is 3.00. The number of carboxylic acids is 2. The topological polar surface area (TPSA) is 185 Å². The number of aliphatic carboxylic acids is 2. The van der Waals surface area contributed by atoms with E-state index in [0.29, 0.717) is 11.3 Å². The third kappa shape index (κ3) is 4.06. The van der Waals surface area contributed by atoms with Gasteiger partial charge in [-0.2, -0.15) is 0 Å². The molecule has 1 aromatic rings. The van der Waals surface area contributed by atoms with Gasteiger partial charge in [-0.05, 0) is 12.5 Å². The lowest BCUT2D eigenvalue weighted by Crippen LogP contribution is -2.71. The molecule has 1 fully saturated rings. The first-order chi connectivity index (χ1) is 14.1. The number of rotatable bonds is 7. The first-order valence-corrected chi connectivity index (χ1v) is 10.4. The van der Waals surface area contributed by atoms with E-state index < -0.39 is 47.5 Å². The number of β-lactam (4-membered cyclic amide) rings is 1. The van der Waals surface area contributed by atoms with Crippen LogP contribution in [-0.4, -0.2) is 73.3 Å². The molecule has 3 heterocycles. The maximum Gasteiger partial charge on any atom is 0.352 e. The van der Waals surface area contributed by atoms with Crippen molar-refractivity contribution in [3.8, 4) is 0 Å². The van der Waals surface area contributed by atoms with E-state index in [4.69, 9.17) is 22.4 Å². The lowest BCUT2D eigenvalue weighted by molar-refractivity contribution is -0.150. The van der Waals surface area contributed by atoms with Crippen LogP contribution in [0.2, 0.25) is 4.34 Å². The lowest BCUT2D eigenvalue weighted by atomic mass is 10.0. The van der Waals surface area contributed by atoms with Crippen LogP contribution in [-0.2, 0) is 24.0 Å². The predicted molar refractivity (Wildman–Crippen MR) is 107 cm³/mol. The highest BCUT2D eigenvalue weighted by Gasteiger charge is 2.54. The van der Waals surface area contributed by atoms with Crippen molar-refractivity contribution in [2.45, 2.75) is 18.3 Å². The molecule has 2 aliphatic heterocycles. The van der Waals surface area contributed by atoms with Gasteiger partial charge >= 0.3 is 11.9 Å². The number of carbonyl (C=O) groups excluding carboxylic acids is 2. The number of aromatic nitrogens is 1. The zero-order chi connectivity index (χ0) is 22.2. The largest absolute Gasteiger partial charge is 0.479 e. The number of hydrogen-bond donors (Lipinski definition) is 4. The van der Waals surface area contributed by atoms with Gasteiger partial charge in [-0.15, -0.1) is 11.8 Å². The number of halogens is 1. The highest BCUT2D eigenvalue weighted by Crippen LogP contribution is 2.40. The Bertz CT molecular complexity index is 1010. The fraction of sp³-hybridized carbons (Fsp3) is 0.333. The number of amides is 2. The second-order valence-corrected chi connectivity index (χ2v) is 8.81. The molecule has 0 saturated carbocycles. The van der Waals surface area contributed by atoms with Crippen LogP contribution in [0.3, 0.4) is 0 Å². The smallest absolute Gasteiger partial charge is 0.352 e. The summed E-state index contributed by atoms with van der Waals surface area (Å²) in [6.07, 6.45) is 0. The molecule has 0 aromatic carbocycles. The summed E-state index contributed by atoms with van der Waals surface area (Å²) >= 11 is 8.17. The minimum atomic E-state index is -1.32. The molecule has 5 N–H and O–H groups in total. The third-order valence-corrected chi connectivity index (χ3v) is 6.54. The first-order valence-electron chi connectivity index (χ1n) is 8.14. The molecule has 0 bridgehead atoms. The molecule has 1 unspecified atom stereocenters. The Morgan fingerprint density at radius 3 is 2.70 bits per heavy atom. The Balaban J connectivity index is 1.82. The van der Waals surface area contributed by atoms with Crippen molar-refractivity contribution in [1.82, 2.24) is 15.2 Å². The number of carboxylic acid groups (broad SMARTS) is 2. The van der Waals surface area contributed by atoms with Crippen molar-refractivity contribution < 1.29 is 34.2 Å². The average molecular weight is 476 g/mol. The quantitative estimate of drug-likeness (QED) is 0.236. The number of carbonyl (C=O) groups is 4. The van der Waals surface area contributed by atoms with Gasteiger partial charge in [0.15, 0.2) is 10.8 Å². The van der Waals surface area contributed by atoms with E-state index in [1.165, 1.54) is 11.8 Å². The van der Waals surface area contributed by atoms with Crippen LogP contribution in [0.5, 0.6) is 0 Å². The van der Waals surface area contributed by atoms with Gasteiger partial charge in [-0.25, -0.2) is 14.6 Å². The van der Waals surface area contributed by atoms with E-state index in [1.807, 2.05) is 0 Å². The summed E-state index contributed by atoms with van der Waals surface area (Å²) in [6.45, 7) is 0.791. The number of fused-ring (bicyclic) bond motifs is 1. The second-order valence-electron chi connectivity index (χ2n) is 6.08. The molecule has 12 nitrogen and oxygen atoms in total. The van der Waals surface area contributed by atoms with Gasteiger partial charge in [-0.1, -0.05) is 28.1 Å². The first kappa shape index (κ1) is 21.9. The molecule has 15 heteroatoms. The van der Waals surface area contributed by atoms with Crippen molar-refractivity contribution in [1.29, 1.82) is 0 Å². The number of anilines is 1. The number of hydrogen-bond acceptors (Lipinski definition) is 10. The fourth-order valence-electron chi connectivity index (χ4n) is 2.79. The highest BCUT2D eigenvalue weighted by molar-refractivity contribution is 8.00. The zero-order valence-electron chi connectivity index (χ0n) is 15.1. The molecule has 0 radical (unpaired) electrons. The summed E-state index contributed by atoms with van der Waals surface area (Å²) in [5.41, 5.74) is 5.40. The lowest BCUT2D eigenvalue weighted by Gasteiger charge is -2.49. The highest BCUT2D eigenvalue weighted by atomic mass is 35.5. The predicted octanol–water partition coefficient (Wildman–Crippen LogP) is -0.0575. The molecule has 30 heavy (non-hydrogen) atoms. The van der Waals surface area contributed by atoms with Gasteiger partial charge in [-0.3, -0.25) is 14.5 Å². The van der Waals surface area contributed by atoms with Gasteiger partial charge in [0.2, 0.25) is 6.61 Å². The Labute approximate surface area is 181 Å². The van der Waals surface area contributed by atoms with Crippen LogP contribution in [0, 0.1) is 0 Å². The van der Waals surface area contributed by atoms with Gasteiger partial charge in [0, 0.05) is 5.75 Å². The molecule has 1 saturated heterocycles. The third-order valence-electron chi connectivity index (χ3n) is 4.03. The van der Waals surface area contributed by atoms with E-state index in [2.05, 4.69) is 20.3 Å². The van der Waals surface area contributed by atoms with E-state index in [0.717, 1.165) is 16.2 Å². The molecule has 2 amide bonds. The Kier molecular flexibility index (Phi) is 6.19.